The molecular weight excluding hydrogens is 244 g/mol. The molecule has 2 atom stereocenters. The lowest BCUT2D eigenvalue weighted by molar-refractivity contribution is -0.152. The van der Waals surface area contributed by atoms with Gasteiger partial charge in [-0.1, -0.05) is 36.4 Å². The highest BCUT2D eigenvalue weighted by molar-refractivity contribution is 5.80. The molecule has 0 aliphatic rings. The van der Waals surface area contributed by atoms with E-state index in [4.69, 9.17) is 9.84 Å². The first-order valence-corrected chi connectivity index (χ1v) is 6.09. The van der Waals surface area contributed by atoms with E-state index in [-0.39, 0.29) is 0 Å². The molecule has 0 saturated carbocycles. The first kappa shape index (κ1) is 15.0. The van der Waals surface area contributed by atoms with Crippen molar-refractivity contribution in [3.05, 3.63) is 42.0 Å². The number of carboxylic acid groups (broad SMARTS) is 1. The summed E-state index contributed by atoms with van der Waals surface area (Å²) >= 11 is 0. The second kappa shape index (κ2) is 6.73. The maximum Gasteiger partial charge on any atom is 0.310 e. The number of carbonyl (C=O) groups is 2. The van der Waals surface area contributed by atoms with E-state index >= 15 is 0 Å². The quantitative estimate of drug-likeness (QED) is 0.829. The minimum atomic E-state index is -0.999. The molecule has 0 spiro atoms. The van der Waals surface area contributed by atoms with Crippen molar-refractivity contribution in [3.8, 4) is 0 Å². The third-order valence-electron chi connectivity index (χ3n) is 2.86. The maximum atomic E-state index is 11.2. The molecule has 0 heterocycles. The van der Waals surface area contributed by atoms with Gasteiger partial charge in [-0.05, 0) is 25.0 Å². The monoisotopic (exact) mass is 262 g/mol. The van der Waals surface area contributed by atoms with Gasteiger partial charge in [-0.3, -0.25) is 9.59 Å². The van der Waals surface area contributed by atoms with Crippen LogP contribution in [0.4, 0.5) is 0 Å². The summed E-state index contributed by atoms with van der Waals surface area (Å²) in [6.07, 6.45) is 0.991. The first-order chi connectivity index (χ1) is 8.97. The Kier molecular flexibility index (Phi) is 5.30. The number of ether oxygens (including phenoxy) is 1. The Morgan fingerprint density at radius 2 is 1.84 bits per heavy atom. The standard InChI is InChI=1S/C15H18O4/c1-4-13(12-8-6-5-7-9-12)14(19-11(3)16)10(2)15(17)18/h4-10,14H,1-3H3,(H,17,18)/b13-4+. The largest absolute Gasteiger partial charge is 0.481 e. The molecule has 4 nitrogen and oxygen atoms in total. The van der Waals surface area contributed by atoms with Crippen molar-refractivity contribution in [2.45, 2.75) is 26.9 Å². The zero-order chi connectivity index (χ0) is 14.4. The summed E-state index contributed by atoms with van der Waals surface area (Å²) in [6.45, 7) is 4.61. The first-order valence-electron chi connectivity index (χ1n) is 6.09. The molecule has 1 aromatic carbocycles. The number of carbonyl (C=O) groups excluding carboxylic acids is 1. The molecule has 1 rings (SSSR count). The van der Waals surface area contributed by atoms with Crippen molar-refractivity contribution in [3.63, 3.8) is 0 Å². The summed E-state index contributed by atoms with van der Waals surface area (Å²) in [5.74, 6) is -2.30. The van der Waals surface area contributed by atoms with Crippen molar-refractivity contribution >= 4 is 17.5 Å². The highest BCUT2D eigenvalue weighted by Gasteiger charge is 2.30. The van der Waals surface area contributed by atoms with Crippen molar-refractivity contribution in [2.24, 2.45) is 5.92 Å². The van der Waals surface area contributed by atoms with Gasteiger partial charge in [0.2, 0.25) is 0 Å². The summed E-state index contributed by atoms with van der Waals surface area (Å²) in [5, 5.41) is 9.14. The van der Waals surface area contributed by atoms with Gasteiger partial charge >= 0.3 is 11.9 Å². The van der Waals surface area contributed by atoms with Gasteiger partial charge in [-0.2, -0.15) is 0 Å². The van der Waals surface area contributed by atoms with Crippen LogP contribution in [0.5, 0.6) is 0 Å². The van der Waals surface area contributed by atoms with Crippen LogP contribution in [0.1, 0.15) is 26.3 Å². The molecular formula is C15H18O4. The van der Waals surface area contributed by atoms with Crippen LogP contribution in [0, 0.1) is 5.92 Å². The number of rotatable bonds is 5. The van der Waals surface area contributed by atoms with E-state index in [0.717, 1.165) is 5.56 Å². The molecule has 0 amide bonds. The molecule has 0 fully saturated rings. The van der Waals surface area contributed by atoms with Crippen molar-refractivity contribution < 1.29 is 19.4 Å². The molecule has 0 saturated heterocycles. The highest BCUT2D eigenvalue weighted by Crippen LogP contribution is 2.26. The Hall–Kier alpha value is -2.10. The van der Waals surface area contributed by atoms with Crippen LogP contribution in [-0.4, -0.2) is 23.1 Å². The van der Waals surface area contributed by atoms with E-state index in [2.05, 4.69) is 0 Å². The van der Waals surface area contributed by atoms with E-state index in [1.165, 1.54) is 13.8 Å². The summed E-state index contributed by atoms with van der Waals surface area (Å²) in [5.41, 5.74) is 1.55. The third-order valence-corrected chi connectivity index (χ3v) is 2.86. The number of esters is 1. The third kappa shape index (κ3) is 3.95. The summed E-state index contributed by atoms with van der Waals surface area (Å²) < 4.78 is 5.19. The topological polar surface area (TPSA) is 63.6 Å². The lowest BCUT2D eigenvalue weighted by Gasteiger charge is -2.24. The molecule has 2 unspecified atom stereocenters. The fourth-order valence-electron chi connectivity index (χ4n) is 1.87. The van der Waals surface area contributed by atoms with Gasteiger partial charge in [0.05, 0.1) is 5.92 Å². The Labute approximate surface area is 112 Å². The minimum Gasteiger partial charge on any atom is -0.481 e. The molecule has 19 heavy (non-hydrogen) atoms. The Balaban J connectivity index is 3.14. The summed E-state index contributed by atoms with van der Waals surface area (Å²) in [7, 11) is 0. The number of aliphatic carboxylic acids is 1. The van der Waals surface area contributed by atoms with Crippen LogP contribution in [0.15, 0.2) is 36.4 Å². The Morgan fingerprint density at radius 3 is 2.26 bits per heavy atom. The summed E-state index contributed by atoms with van der Waals surface area (Å²) in [6, 6.07) is 9.31. The predicted octanol–water partition coefficient (Wildman–Crippen LogP) is 2.74. The van der Waals surface area contributed by atoms with Crippen LogP contribution in [0.25, 0.3) is 5.57 Å². The zero-order valence-electron chi connectivity index (χ0n) is 11.3. The Morgan fingerprint density at radius 1 is 1.26 bits per heavy atom. The summed E-state index contributed by atoms with van der Waals surface area (Å²) in [4.78, 5) is 22.3. The molecule has 0 bridgehead atoms. The molecule has 1 N–H and O–H groups in total. The molecule has 0 aliphatic carbocycles. The fourth-order valence-corrected chi connectivity index (χ4v) is 1.87. The van der Waals surface area contributed by atoms with Crippen molar-refractivity contribution in [1.82, 2.24) is 0 Å². The van der Waals surface area contributed by atoms with E-state index in [1.807, 2.05) is 30.3 Å². The number of benzene rings is 1. The zero-order valence-corrected chi connectivity index (χ0v) is 11.3. The molecule has 0 radical (unpaired) electrons. The van der Waals surface area contributed by atoms with Gasteiger partial charge in [-0.15, -0.1) is 0 Å². The molecule has 4 heteroatoms. The van der Waals surface area contributed by atoms with E-state index in [1.54, 1.807) is 13.0 Å². The molecule has 102 valence electrons. The van der Waals surface area contributed by atoms with Gasteiger partial charge in [0, 0.05) is 6.92 Å². The SMILES string of the molecule is C/C=C(\c1ccccc1)C(OC(C)=O)C(C)C(=O)O. The van der Waals surface area contributed by atoms with Gasteiger partial charge < -0.3 is 9.84 Å². The van der Waals surface area contributed by atoms with Crippen LogP contribution >= 0.6 is 0 Å². The number of hydrogen-bond donors (Lipinski definition) is 1. The van der Waals surface area contributed by atoms with Crippen LogP contribution in [-0.2, 0) is 14.3 Å². The number of hydrogen-bond acceptors (Lipinski definition) is 3. The van der Waals surface area contributed by atoms with Crippen LogP contribution < -0.4 is 0 Å². The Bertz CT molecular complexity index is 476. The van der Waals surface area contributed by atoms with E-state index in [0.29, 0.717) is 5.57 Å². The van der Waals surface area contributed by atoms with Gasteiger partial charge in [0.15, 0.2) is 0 Å². The second-order valence-corrected chi connectivity index (χ2v) is 4.27. The van der Waals surface area contributed by atoms with Gasteiger partial charge in [0.25, 0.3) is 0 Å². The normalized spacial score (nSPS) is 14.6. The van der Waals surface area contributed by atoms with E-state index in [9.17, 15) is 9.59 Å². The lowest BCUT2D eigenvalue weighted by Crippen LogP contribution is -2.31. The smallest absolute Gasteiger partial charge is 0.310 e. The molecule has 0 aromatic heterocycles. The lowest BCUT2D eigenvalue weighted by atomic mass is 9.91. The number of carboxylic acids is 1. The fraction of sp³-hybridized carbons (Fsp3) is 0.333. The van der Waals surface area contributed by atoms with Gasteiger partial charge in [0.1, 0.15) is 6.10 Å². The van der Waals surface area contributed by atoms with Crippen LogP contribution in [0.2, 0.25) is 0 Å². The predicted molar refractivity (Wildman–Crippen MR) is 72.4 cm³/mol. The molecule has 1 aromatic rings. The van der Waals surface area contributed by atoms with Gasteiger partial charge in [-0.25, -0.2) is 0 Å². The maximum absolute atomic E-state index is 11.2. The van der Waals surface area contributed by atoms with Crippen molar-refractivity contribution in [1.29, 1.82) is 0 Å². The van der Waals surface area contributed by atoms with Crippen LogP contribution in [0.3, 0.4) is 0 Å². The average molecular weight is 262 g/mol. The minimum absolute atomic E-state index is 0.492. The number of allylic oxidation sites excluding steroid dienone is 1. The van der Waals surface area contributed by atoms with Crippen molar-refractivity contribution in [2.75, 3.05) is 0 Å². The van der Waals surface area contributed by atoms with E-state index < -0.39 is 24.0 Å². The molecule has 0 aliphatic heterocycles. The second-order valence-electron chi connectivity index (χ2n) is 4.27. The average Bonchev–Trinajstić information content (AvgIpc) is 2.38. The highest BCUT2D eigenvalue weighted by atomic mass is 16.5.